The largest absolute Gasteiger partial charge is 0.478 e. The Bertz CT molecular complexity index is 337. The van der Waals surface area contributed by atoms with E-state index < -0.39 is 0 Å². The maximum absolute atomic E-state index is 5.65. The van der Waals surface area contributed by atoms with Crippen molar-refractivity contribution in [3.63, 3.8) is 0 Å². The Balaban J connectivity index is 1.90. The Morgan fingerprint density at radius 2 is 2.27 bits per heavy atom. The number of ether oxygens (including phenoxy) is 1. The van der Waals surface area contributed by atoms with Crippen molar-refractivity contribution >= 4 is 5.82 Å². The molecule has 0 saturated heterocycles. The Morgan fingerprint density at radius 1 is 1.47 bits per heavy atom. The van der Waals surface area contributed by atoms with Crippen molar-refractivity contribution in [2.24, 2.45) is 5.92 Å². The fourth-order valence-corrected chi connectivity index (χ4v) is 1.46. The van der Waals surface area contributed by atoms with Crippen LogP contribution < -0.4 is 10.5 Å². The number of nitrogens with zero attached hydrogens (tertiary/aromatic N) is 2. The lowest BCUT2D eigenvalue weighted by Crippen LogP contribution is -2.04. The second kappa shape index (κ2) is 4.47. The first-order valence-corrected chi connectivity index (χ1v) is 5.54. The lowest BCUT2D eigenvalue weighted by molar-refractivity contribution is 0.290. The minimum absolute atomic E-state index is 0.489. The van der Waals surface area contributed by atoms with Gasteiger partial charge in [0.25, 0.3) is 0 Å². The molecule has 1 fully saturated rings. The van der Waals surface area contributed by atoms with Gasteiger partial charge in [-0.1, -0.05) is 19.8 Å². The number of nitrogens with two attached hydrogens (primary N) is 1. The van der Waals surface area contributed by atoms with Gasteiger partial charge in [-0.05, 0) is 12.3 Å². The topological polar surface area (TPSA) is 61.0 Å². The zero-order chi connectivity index (χ0) is 10.7. The highest BCUT2D eigenvalue weighted by Crippen LogP contribution is 2.32. The molecule has 1 heterocycles. The van der Waals surface area contributed by atoms with Crippen molar-refractivity contribution < 1.29 is 4.74 Å². The molecule has 2 N–H and O–H groups in total. The number of hydrogen-bond acceptors (Lipinski definition) is 4. The van der Waals surface area contributed by atoms with E-state index in [1.807, 2.05) is 6.92 Å². The average Bonchev–Trinajstić information content (AvgIpc) is 3.01. The van der Waals surface area contributed by atoms with E-state index in [9.17, 15) is 0 Å². The Hall–Kier alpha value is -1.32. The van der Waals surface area contributed by atoms with E-state index >= 15 is 0 Å². The number of hydrogen-bond donors (Lipinski definition) is 1. The van der Waals surface area contributed by atoms with Crippen molar-refractivity contribution in [1.82, 2.24) is 9.97 Å². The third kappa shape index (κ3) is 3.08. The summed E-state index contributed by atoms with van der Waals surface area (Å²) < 4.78 is 5.55. The number of nitrogen functional groups attached to an aromatic ring is 1. The second-order valence-electron chi connectivity index (χ2n) is 3.98. The fraction of sp³-hybridized carbons (Fsp3) is 0.636. The van der Waals surface area contributed by atoms with E-state index in [0.29, 0.717) is 11.7 Å². The summed E-state index contributed by atoms with van der Waals surface area (Å²) in [5.74, 6) is 2.73. The van der Waals surface area contributed by atoms with E-state index in [2.05, 4.69) is 9.97 Å². The summed E-state index contributed by atoms with van der Waals surface area (Å²) in [6, 6.07) is 1.69. The Kier molecular flexibility index (Phi) is 3.04. The summed E-state index contributed by atoms with van der Waals surface area (Å²) in [7, 11) is 0. The van der Waals surface area contributed by atoms with Crippen molar-refractivity contribution in [3.05, 3.63) is 11.9 Å². The maximum atomic E-state index is 5.65. The monoisotopic (exact) mass is 207 g/mol. The lowest BCUT2D eigenvalue weighted by Gasteiger charge is -2.06. The molecule has 0 aromatic carbocycles. The van der Waals surface area contributed by atoms with Crippen LogP contribution in [0.4, 0.5) is 5.82 Å². The summed E-state index contributed by atoms with van der Waals surface area (Å²) in [5.41, 5.74) is 5.65. The first-order chi connectivity index (χ1) is 7.28. The SMILES string of the molecule is CCc1nc(N)cc(OCCC2CC2)n1. The van der Waals surface area contributed by atoms with Crippen molar-refractivity contribution in [2.75, 3.05) is 12.3 Å². The normalized spacial score (nSPS) is 15.3. The molecule has 0 bridgehead atoms. The van der Waals surface area contributed by atoms with Gasteiger partial charge in [-0.3, -0.25) is 0 Å². The van der Waals surface area contributed by atoms with Crippen LogP contribution in [-0.2, 0) is 6.42 Å². The van der Waals surface area contributed by atoms with E-state index in [4.69, 9.17) is 10.5 Å². The van der Waals surface area contributed by atoms with Gasteiger partial charge in [0.2, 0.25) is 5.88 Å². The van der Waals surface area contributed by atoms with Crippen molar-refractivity contribution in [3.8, 4) is 5.88 Å². The number of aromatic nitrogens is 2. The van der Waals surface area contributed by atoms with Crippen molar-refractivity contribution in [2.45, 2.75) is 32.6 Å². The van der Waals surface area contributed by atoms with E-state index in [1.165, 1.54) is 12.8 Å². The molecule has 15 heavy (non-hydrogen) atoms. The molecule has 1 aliphatic carbocycles. The third-order valence-corrected chi connectivity index (χ3v) is 2.56. The number of aryl methyl sites for hydroxylation is 1. The molecular weight excluding hydrogens is 190 g/mol. The fourth-order valence-electron chi connectivity index (χ4n) is 1.46. The predicted molar refractivity (Wildman–Crippen MR) is 58.7 cm³/mol. The molecule has 2 rings (SSSR count). The minimum Gasteiger partial charge on any atom is -0.478 e. The van der Waals surface area contributed by atoms with Crippen LogP contribution in [0, 0.1) is 5.92 Å². The molecule has 0 radical (unpaired) electrons. The number of rotatable bonds is 5. The van der Waals surface area contributed by atoms with Crippen LogP contribution in [0.25, 0.3) is 0 Å². The Labute approximate surface area is 89.9 Å². The molecule has 4 heteroatoms. The highest BCUT2D eigenvalue weighted by molar-refractivity contribution is 5.32. The molecule has 0 aliphatic heterocycles. The van der Waals surface area contributed by atoms with Crippen LogP contribution in [-0.4, -0.2) is 16.6 Å². The highest BCUT2D eigenvalue weighted by Gasteiger charge is 2.20. The standard InChI is InChI=1S/C11H17N3O/c1-2-10-13-9(12)7-11(14-10)15-6-5-8-3-4-8/h7-8H,2-6H2,1H3,(H2,12,13,14). The van der Waals surface area contributed by atoms with E-state index in [0.717, 1.165) is 31.2 Å². The number of anilines is 1. The van der Waals surface area contributed by atoms with Gasteiger partial charge in [-0.2, -0.15) is 4.98 Å². The van der Waals surface area contributed by atoms with Crippen LogP contribution in [0.5, 0.6) is 5.88 Å². The minimum atomic E-state index is 0.489. The van der Waals surface area contributed by atoms with Gasteiger partial charge in [0.1, 0.15) is 11.6 Å². The van der Waals surface area contributed by atoms with E-state index in [-0.39, 0.29) is 0 Å². The summed E-state index contributed by atoms with van der Waals surface area (Å²) >= 11 is 0. The zero-order valence-corrected chi connectivity index (χ0v) is 9.07. The van der Waals surface area contributed by atoms with Gasteiger partial charge in [0.15, 0.2) is 0 Å². The molecule has 82 valence electrons. The van der Waals surface area contributed by atoms with Crippen molar-refractivity contribution in [1.29, 1.82) is 0 Å². The van der Waals surface area contributed by atoms with E-state index in [1.54, 1.807) is 6.07 Å². The first kappa shape index (κ1) is 10.2. The molecule has 4 nitrogen and oxygen atoms in total. The Morgan fingerprint density at radius 3 is 2.93 bits per heavy atom. The van der Waals surface area contributed by atoms with Crippen LogP contribution in [0.1, 0.15) is 32.0 Å². The lowest BCUT2D eigenvalue weighted by atomic mass is 10.3. The third-order valence-electron chi connectivity index (χ3n) is 2.56. The van der Waals surface area contributed by atoms with Crippen LogP contribution in [0.2, 0.25) is 0 Å². The zero-order valence-electron chi connectivity index (χ0n) is 9.07. The summed E-state index contributed by atoms with van der Waals surface area (Å²) in [6.45, 7) is 2.74. The molecule has 1 aliphatic rings. The molecule has 1 saturated carbocycles. The van der Waals surface area contributed by atoms with Gasteiger partial charge in [0.05, 0.1) is 6.61 Å². The van der Waals surface area contributed by atoms with Gasteiger partial charge >= 0.3 is 0 Å². The van der Waals surface area contributed by atoms with Crippen LogP contribution in [0.15, 0.2) is 6.07 Å². The predicted octanol–water partition coefficient (Wildman–Crippen LogP) is 1.80. The molecule has 0 unspecified atom stereocenters. The maximum Gasteiger partial charge on any atom is 0.218 e. The van der Waals surface area contributed by atoms with Gasteiger partial charge in [-0.25, -0.2) is 4.98 Å². The molecule has 0 amide bonds. The molecule has 0 spiro atoms. The summed E-state index contributed by atoms with van der Waals surface area (Å²) in [5, 5.41) is 0. The molecule has 0 atom stereocenters. The van der Waals surface area contributed by atoms with Gasteiger partial charge in [-0.15, -0.1) is 0 Å². The second-order valence-corrected chi connectivity index (χ2v) is 3.98. The quantitative estimate of drug-likeness (QED) is 0.799. The smallest absolute Gasteiger partial charge is 0.218 e. The molecular formula is C11H17N3O. The van der Waals surface area contributed by atoms with Gasteiger partial charge in [0, 0.05) is 12.5 Å². The molecule has 1 aromatic rings. The average molecular weight is 207 g/mol. The van der Waals surface area contributed by atoms with Gasteiger partial charge < -0.3 is 10.5 Å². The summed E-state index contributed by atoms with van der Waals surface area (Å²) in [6.07, 6.45) is 4.63. The highest BCUT2D eigenvalue weighted by atomic mass is 16.5. The molecule has 1 aromatic heterocycles. The van der Waals surface area contributed by atoms with Crippen LogP contribution >= 0.6 is 0 Å². The van der Waals surface area contributed by atoms with Crippen LogP contribution in [0.3, 0.4) is 0 Å². The first-order valence-electron chi connectivity index (χ1n) is 5.54. The summed E-state index contributed by atoms with van der Waals surface area (Å²) in [4.78, 5) is 8.35.